The van der Waals surface area contributed by atoms with Gasteiger partial charge in [-0.05, 0) is 41.8 Å². The number of carbonyl (C=O) groups excluding carboxylic acids is 1. The van der Waals surface area contributed by atoms with Gasteiger partial charge in [0.05, 0.1) is 22.9 Å². The van der Waals surface area contributed by atoms with Gasteiger partial charge in [-0.1, -0.05) is 12.8 Å². The quantitative estimate of drug-likeness (QED) is 0.707. The Morgan fingerprint density at radius 1 is 1.44 bits per heavy atom. The molecule has 7 nitrogen and oxygen atoms in total. The summed E-state index contributed by atoms with van der Waals surface area (Å²) in [7, 11) is -3.22. The van der Waals surface area contributed by atoms with Crippen molar-refractivity contribution in [1.29, 1.82) is 0 Å². The van der Waals surface area contributed by atoms with E-state index in [4.69, 9.17) is 4.74 Å². The second kappa shape index (κ2) is 7.41. The molecule has 0 spiro atoms. The summed E-state index contributed by atoms with van der Waals surface area (Å²) >= 11 is 3.33. The average Bonchev–Trinajstić information content (AvgIpc) is 3.22. The highest BCUT2D eigenvalue weighted by atomic mass is 79.9. The molecule has 2 heterocycles. The minimum atomic E-state index is -3.22. The molecule has 1 N–H and O–H groups in total. The van der Waals surface area contributed by atoms with E-state index in [2.05, 4.69) is 30.9 Å². The molecule has 0 saturated heterocycles. The summed E-state index contributed by atoms with van der Waals surface area (Å²) in [5.74, 6) is -0.214. The lowest BCUT2D eigenvalue weighted by Crippen LogP contribution is -2.23. The van der Waals surface area contributed by atoms with Crippen LogP contribution < -0.4 is 0 Å². The monoisotopic (exact) mass is 429 g/mol. The first-order valence-corrected chi connectivity index (χ1v) is 10.8. The lowest BCUT2D eigenvalue weighted by Gasteiger charge is -2.13. The molecule has 9 heteroatoms. The van der Waals surface area contributed by atoms with Crippen LogP contribution in [0.25, 0.3) is 11.2 Å². The number of nitrogens with zero attached hydrogens (tertiary/aromatic N) is 2. The van der Waals surface area contributed by atoms with E-state index in [0.29, 0.717) is 24.3 Å². The first-order valence-electron chi connectivity index (χ1n) is 8.27. The van der Waals surface area contributed by atoms with Gasteiger partial charge in [-0.3, -0.25) is 4.79 Å². The van der Waals surface area contributed by atoms with Gasteiger partial charge in [0.25, 0.3) is 0 Å². The van der Waals surface area contributed by atoms with E-state index in [9.17, 15) is 13.2 Å². The standard InChI is InChI=1S/C16H20BrN3O4S/c1-10(15-19-13-8-11(17)9-18-16(13)20-15)24-14(21)6-7-25(22,23)12-4-2-3-5-12/h8-10,12H,2-7H2,1H3,(H,18,19,20). The molecule has 1 unspecified atom stereocenters. The molecule has 1 saturated carbocycles. The molecule has 25 heavy (non-hydrogen) atoms. The zero-order valence-corrected chi connectivity index (χ0v) is 16.3. The molecule has 1 aliphatic carbocycles. The number of pyridine rings is 1. The van der Waals surface area contributed by atoms with Crippen molar-refractivity contribution in [2.75, 3.05) is 5.75 Å². The molecular weight excluding hydrogens is 410 g/mol. The minimum Gasteiger partial charge on any atom is -0.454 e. The van der Waals surface area contributed by atoms with Crippen molar-refractivity contribution in [3.05, 3.63) is 22.6 Å². The summed E-state index contributed by atoms with van der Waals surface area (Å²) in [4.78, 5) is 23.5. The van der Waals surface area contributed by atoms with Gasteiger partial charge < -0.3 is 9.72 Å². The smallest absolute Gasteiger partial charge is 0.307 e. The molecule has 1 aliphatic rings. The molecule has 136 valence electrons. The van der Waals surface area contributed by atoms with Gasteiger partial charge in [0.15, 0.2) is 21.6 Å². The number of ether oxygens (including phenoxy) is 1. The van der Waals surface area contributed by atoms with Crippen LogP contribution in [0, 0.1) is 0 Å². The maximum Gasteiger partial charge on any atom is 0.307 e. The van der Waals surface area contributed by atoms with Gasteiger partial charge in [0.2, 0.25) is 0 Å². The molecule has 0 radical (unpaired) electrons. The topological polar surface area (TPSA) is 102 Å². The van der Waals surface area contributed by atoms with E-state index in [1.54, 1.807) is 13.1 Å². The van der Waals surface area contributed by atoms with E-state index in [-0.39, 0.29) is 17.4 Å². The van der Waals surface area contributed by atoms with Crippen LogP contribution in [-0.2, 0) is 19.4 Å². The Labute approximate surface area is 154 Å². The predicted molar refractivity (Wildman–Crippen MR) is 96.8 cm³/mol. The van der Waals surface area contributed by atoms with Crippen molar-refractivity contribution in [3.8, 4) is 0 Å². The van der Waals surface area contributed by atoms with E-state index >= 15 is 0 Å². The Kier molecular flexibility index (Phi) is 5.43. The fourth-order valence-electron chi connectivity index (χ4n) is 3.04. The summed E-state index contributed by atoms with van der Waals surface area (Å²) in [6.07, 6.45) is 4.20. The zero-order chi connectivity index (χ0) is 18.0. The molecule has 1 atom stereocenters. The fourth-order valence-corrected chi connectivity index (χ4v) is 5.20. The van der Waals surface area contributed by atoms with Gasteiger partial charge in [-0.25, -0.2) is 18.4 Å². The second-order valence-electron chi connectivity index (χ2n) is 6.30. The van der Waals surface area contributed by atoms with Gasteiger partial charge >= 0.3 is 5.97 Å². The number of esters is 1. The number of carbonyl (C=O) groups is 1. The first kappa shape index (κ1) is 18.3. The molecule has 2 aromatic heterocycles. The molecule has 0 aromatic carbocycles. The number of hydrogen-bond donors (Lipinski definition) is 1. The lowest BCUT2D eigenvalue weighted by atomic mass is 10.4. The molecule has 3 rings (SSSR count). The average molecular weight is 430 g/mol. The lowest BCUT2D eigenvalue weighted by molar-refractivity contribution is -0.148. The number of nitrogens with one attached hydrogen (secondary N) is 1. The van der Waals surface area contributed by atoms with Crippen molar-refractivity contribution in [3.63, 3.8) is 0 Å². The van der Waals surface area contributed by atoms with Crippen molar-refractivity contribution in [2.24, 2.45) is 0 Å². The fraction of sp³-hybridized carbons (Fsp3) is 0.562. The molecular formula is C16H20BrN3O4S. The number of aromatic nitrogens is 3. The Bertz CT molecular complexity index is 875. The summed E-state index contributed by atoms with van der Waals surface area (Å²) in [6, 6.07) is 1.83. The van der Waals surface area contributed by atoms with Crippen LogP contribution in [0.2, 0.25) is 0 Å². The number of hydrogen-bond acceptors (Lipinski definition) is 6. The summed E-state index contributed by atoms with van der Waals surface area (Å²) in [6.45, 7) is 1.69. The highest BCUT2D eigenvalue weighted by Crippen LogP contribution is 2.26. The summed E-state index contributed by atoms with van der Waals surface area (Å²) < 4.78 is 30.5. The molecule has 0 amide bonds. The Morgan fingerprint density at radius 2 is 2.16 bits per heavy atom. The van der Waals surface area contributed by atoms with E-state index in [1.165, 1.54) is 0 Å². The normalized spacial score (nSPS) is 17.0. The van der Waals surface area contributed by atoms with Crippen molar-refractivity contribution < 1.29 is 17.9 Å². The van der Waals surface area contributed by atoms with E-state index in [0.717, 1.165) is 22.8 Å². The van der Waals surface area contributed by atoms with Gasteiger partial charge in [0, 0.05) is 10.7 Å². The summed E-state index contributed by atoms with van der Waals surface area (Å²) in [5.41, 5.74) is 1.26. The first-order chi connectivity index (χ1) is 11.8. The van der Waals surface area contributed by atoms with E-state index < -0.39 is 21.9 Å². The number of sulfone groups is 1. The maximum absolute atomic E-state index is 12.2. The minimum absolute atomic E-state index is 0.132. The predicted octanol–water partition coefficient (Wildman–Crippen LogP) is 3.07. The molecule has 0 bridgehead atoms. The zero-order valence-electron chi connectivity index (χ0n) is 13.9. The largest absolute Gasteiger partial charge is 0.454 e. The van der Waals surface area contributed by atoms with Crippen molar-refractivity contribution in [1.82, 2.24) is 15.0 Å². The van der Waals surface area contributed by atoms with E-state index in [1.807, 2.05) is 6.07 Å². The third-order valence-corrected chi connectivity index (χ3v) is 7.11. The van der Waals surface area contributed by atoms with Gasteiger partial charge in [0.1, 0.15) is 5.82 Å². The van der Waals surface area contributed by atoms with Crippen LogP contribution >= 0.6 is 15.9 Å². The highest BCUT2D eigenvalue weighted by molar-refractivity contribution is 9.10. The number of aromatic amines is 1. The van der Waals surface area contributed by atoms with Crippen LogP contribution in [0.15, 0.2) is 16.7 Å². The Morgan fingerprint density at radius 3 is 2.88 bits per heavy atom. The SMILES string of the molecule is CC(OC(=O)CCS(=O)(=O)C1CCCC1)c1nc2ncc(Br)cc2[nH]1. The van der Waals surface area contributed by atoms with Crippen LogP contribution in [0.3, 0.4) is 0 Å². The molecule has 1 fully saturated rings. The van der Waals surface area contributed by atoms with Crippen LogP contribution in [0.4, 0.5) is 0 Å². The maximum atomic E-state index is 12.2. The van der Waals surface area contributed by atoms with Crippen LogP contribution in [-0.4, -0.2) is 40.3 Å². The molecule has 2 aromatic rings. The number of H-pyrrole nitrogens is 1. The highest BCUT2D eigenvalue weighted by Gasteiger charge is 2.29. The van der Waals surface area contributed by atoms with Crippen molar-refractivity contribution >= 4 is 42.9 Å². The number of imidazole rings is 1. The Balaban J connectivity index is 1.58. The van der Waals surface area contributed by atoms with Gasteiger partial charge in [-0.2, -0.15) is 0 Å². The van der Waals surface area contributed by atoms with Crippen molar-refractivity contribution in [2.45, 2.75) is 50.4 Å². The number of rotatable bonds is 6. The number of fused-ring (bicyclic) bond motifs is 1. The Hall–Kier alpha value is -1.48. The third kappa shape index (κ3) is 4.38. The molecule has 0 aliphatic heterocycles. The van der Waals surface area contributed by atoms with Crippen LogP contribution in [0.5, 0.6) is 0 Å². The third-order valence-electron chi connectivity index (χ3n) is 4.42. The second-order valence-corrected chi connectivity index (χ2v) is 9.62. The number of halogens is 1. The summed E-state index contributed by atoms with van der Waals surface area (Å²) in [5, 5.41) is -0.294. The van der Waals surface area contributed by atoms with Gasteiger partial charge in [-0.15, -0.1) is 0 Å². The van der Waals surface area contributed by atoms with Crippen LogP contribution in [0.1, 0.15) is 51.0 Å².